The molecule has 9 nitrogen and oxygen atoms in total. The SMILES string of the molecule is COc1ccc(S(=O)(=O)N2CCC(C(=O)Nc3ccc(Cn4cncn4)cc3)CC2)cc1. The van der Waals surface area contributed by atoms with E-state index in [-0.39, 0.29) is 16.7 Å². The Kier molecular flexibility index (Phi) is 6.52. The zero-order chi connectivity index (χ0) is 22.6. The highest BCUT2D eigenvalue weighted by atomic mass is 32.2. The summed E-state index contributed by atoms with van der Waals surface area (Å²) in [5, 5.41) is 7.02. The predicted octanol–water partition coefficient (Wildman–Crippen LogP) is 2.37. The number of nitrogens with zero attached hydrogens (tertiary/aromatic N) is 4. The number of sulfonamides is 1. The lowest BCUT2D eigenvalue weighted by atomic mass is 9.97. The van der Waals surface area contributed by atoms with Crippen molar-refractivity contribution in [2.24, 2.45) is 5.92 Å². The minimum Gasteiger partial charge on any atom is -0.497 e. The molecule has 1 aliphatic heterocycles. The predicted molar refractivity (Wildman–Crippen MR) is 119 cm³/mol. The van der Waals surface area contributed by atoms with Gasteiger partial charge in [0.2, 0.25) is 15.9 Å². The number of anilines is 1. The molecule has 32 heavy (non-hydrogen) atoms. The summed E-state index contributed by atoms with van der Waals surface area (Å²) in [5.74, 6) is 0.286. The van der Waals surface area contributed by atoms with Gasteiger partial charge in [0.05, 0.1) is 18.6 Å². The first-order valence-electron chi connectivity index (χ1n) is 10.3. The van der Waals surface area contributed by atoms with Crippen LogP contribution in [0.3, 0.4) is 0 Å². The first-order valence-corrected chi connectivity index (χ1v) is 11.8. The number of ether oxygens (including phenoxy) is 1. The zero-order valence-electron chi connectivity index (χ0n) is 17.7. The second-order valence-corrected chi connectivity index (χ2v) is 9.57. The third-order valence-electron chi connectivity index (χ3n) is 5.55. The maximum absolute atomic E-state index is 12.9. The van der Waals surface area contributed by atoms with E-state index in [2.05, 4.69) is 15.4 Å². The molecule has 1 fully saturated rings. The number of nitrogens with one attached hydrogen (secondary N) is 1. The Morgan fingerprint density at radius 1 is 1.09 bits per heavy atom. The second kappa shape index (κ2) is 9.49. The largest absolute Gasteiger partial charge is 0.497 e. The van der Waals surface area contributed by atoms with E-state index in [4.69, 9.17) is 4.74 Å². The van der Waals surface area contributed by atoms with Crippen LogP contribution in [0.25, 0.3) is 0 Å². The summed E-state index contributed by atoms with van der Waals surface area (Å²) >= 11 is 0. The number of hydrogen-bond acceptors (Lipinski definition) is 6. The molecule has 0 radical (unpaired) electrons. The van der Waals surface area contributed by atoms with Crippen molar-refractivity contribution in [1.29, 1.82) is 0 Å². The van der Waals surface area contributed by atoms with Crippen molar-refractivity contribution in [3.8, 4) is 5.75 Å². The van der Waals surface area contributed by atoms with Crippen LogP contribution in [0, 0.1) is 5.92 Å². The highest BCUT2D eigenvalue weighted by Gasteiger charge is 2.32. The molecule has 10 heteroatoms. The van der Waals surface area contributed by atoms with Crippen molar-refractivity contribution in [2.45, 2.75) is 24.3 Å². The van der Waals surface area contributed by atoms with Crippen molar-refractivity contribution in [1.82, 2.24) is 19.1 Å². The molecule has 1 amide bonds. The maximum atomic E-state index is 12.9. The van der Waals surface area contributed by atoms with Gasteiger partial charge in [-0.2, -0.15) is 9.40 Å². The van der Waals surface area contributed by atoms with Crippen LogP contribution in [0.2, 0.25) is 0 Å². The van der Waals surface area contributed by atoms with Crippen LogP contribution in [0.1, 0.15) is 18.4 Å². The van der Waals surface area contributed by atoms with Crippen molar-refractivity contribution < 1.29 is 17.9 Å². The highest BCUT2D eigenvalue weighted by Crippen LogP contribution is 2.26. The van der Waals surface area contributed by atoms with Crippen molar-refractivity contribution in [2.75, 3.05) is 25.5 Å². The monoisotopic (exact) mass is 455 g/mol. The molecular weight excluding hydrogens is 430 g/mol. The maximum Gasteiger partial charge on any atom is 0.243 e. The van der Waals surface area contributed by atoms with Crippen LogP contribution in [-0.2, 0) is 21.4 Å². The molecule has 1 aromatic heterocycles. The first kappa shape index (κ1) is 22.0. The van der Waals surface area contributed by atoms with Gasteiger partial charge in [0.25, 0.3) is 0 Å². The number of rotatable bonds is 7. The van der Waals surface area contributed by atoms with Crippen LogP contribution >= 0.6 is 0 Å². The standard InChI is InChI=1S/C22H25N5O4S/c1-31-20-6-8-21(9-7-20)32(29,30)27-12-10-18(11-13-27)22(28)25-19-4-2-17(3-5-19)14-26-16-23-15-24-26/h2-9,15-16,18H,10-14H2,1H3,(H,25,28). The Balaban J connectivity index is 1.31. The minimum atomic E-state index is -3.59. The first-order chi connectivity index (χ1) is 15.5. The Bertz CT molecular complexity index is 1140. The Morgan fingerprint density at radius 3 is 2.38 bits per heavy atom. The quantitative estimate of drug-likeness (QED) is 0.586. The van der Waals surface area contributed by atoms with Crippen LogP contribution in [-0.4, -0.2) is 53.6 Å². The van der Waals surface area contributed by atoms with Gasteiger partial charge in [-0.15, -0.1) is 0 Å². The second-order valence-electron chi connectivity index (χ2n) is 7.63. The number of piperidine rings is 1. The molecule has 2 aromatic carbocycles. The number of hydrogen-bond donors (Lipinski definition) is 1. The van der Waals surface area contributed by atoms with E-state index < -0.39 is 10.0 Å². The molecule has 3 aromatic rings. The van der Waals surface area contributed by atoms with Gasteiger partial charge in [-0.25, -0.2) is 18.1 Å². The smallest absolute Gasteiger partial charge is 0.243 e. The minimum absolute atomic E-state index is 0.0875. The van der Waals surface area contributed by atoms with E-state index in [9.17, 15) is 13.2 Å². The summed E-state index contributed by atoms with van der Waals surface area (Å²) in [6.07, 6.45) is 4.09. The molecule has 0 atom stereocenters. The molecule has 1 N–H and O–H groups in total. The molecule has 0 bridgehead atoms. The molecule has 1 saturated heterocycles. The van der Waals surface area contributed by atoms with Crippen LogP contribution < -0.4 is 10.1 Å². The molecule has 0 saturated carbocycles. The summed E-state index contributed by atoms with van der Waals surface area (Å²) in [4.78, 5) is 16.8. The Labute approximate surface area is 187 Å². The van der Waals surface area contributed by atoms with Gasteiger partial charge in [0.1, 0.15) is 18.4 Å². The lowest BCUT2D eigenvalue weighted by molar-refractivity contribution is -0.120. The molecule has 168 valence electrons. The fraction of sp³-hybridized carbons (Fsp3) is 0.318. The summed E-state index contributed by atoms with van der Waals surface area (Å²) in [7, 11) is -2.05. The fourth-order valence-corrected chi connectivity index (χ4v) is 5.16. The summed E-state index contributed by atoms with van der Waals surface area (Å²) in [6, 6.07) is 13.9. The number of amides is 1. The van der Waals surface area contributed by atoms with Gasteiger partial charge in [-0.1, -0.05) is 12.1 Å². The highest BCUT2D eigenvalue weighted by molar-refractivity contribution is 7.89. The van der Waals surface area contributed by atoms with Crippen molar-refractivity contribution >= 4 is 21.6 Å². The lowest BCUT2D eigenvalue weighted by Gasteiger charge is -2.30. The topological polar surface area (TPSA) is 106 Å². The number of carbonyl (C=O) groups excluding carboxylic acids is 1. The van der Waals surface area contributed by atoms with Gasteiger partial charge >= 0.3 is 0 Å². The summed E-state index contributed by atoms with van der Waals surface area (Å²) < 4.78 is 34.0. The molecule has 0 unspecified atom stereocenters. The molecule has 0 spiro atoms. The van der Waals surface area contributed by atoms with E-state index in [0.717, 1.165) is 5.56 Å². The van der Waals surface area contributed by atoms with Crippen LogP contribution in [0.15, 0.2) is 66.1 Å². The van der Waals surface area contributed by atoms with E-state index in [1.807, 2.05) is 24.3 Å². The van der Waals surface area contributed by atoms with Crippen molar-refractivity contribution in [3.63, 3.8) is 0 Å². The van der Waals surface area contributed by atoms with Crippen molar-refractivity contribution in [3.05, 3.63) is 66.7 Å². The molecule has 4 rings (SSSR count). The zero-order valence-corrected chi connectivity index (χ0v) is 18.5. The third-order valence-corrected chi connectivity index (χ3v) is 7.47. The summed E-state index contributed by atoms with van der Waals surface area (Å²) in [6.45, 7) is 1.22. The molecule has 0 aliphatic carbocycles. The van der Waals surface area contributed by atoms with Gasteiger partial charge in [-0.05, 0) is 54.8 Å². The van der Waals surface area contributed by atoms with Gasteiger partial charge < -0.3 is 10.1 Å². The van der Waals surface area contributed by atoms with E-state index in [1.165, 1.54) is 17.7 Å². The average Bonchev–Trinajstić information content (AvgIpc) is 3.33. The number of benzene rings is 2. The molecule has 2 heterocycles. The normalized spacial score (nSPS) is 15.4. The lowest BCUT2D eigenvalue weighted by Crippen LogP contribution is -2.41. The Morgan fingerprint density at radius 2 is 1.78 bits per heavy atom. The Hall–Kier alpha value is -3.24. The number of methoxy groups -OCH3 is 1. The number of aromatic nitrogens is 3. The summed E-state index contributed by atoms with van der Waals surface area (Å²) in [5.41, 5.74) is 1.76. The van der Waals surface area contributed by atoms with Crippen LogP contribution in [0.5, 0.6) is 5.75 Å². The third kappa shape index (κ3) is 4.97. The number of carbonyl (C=O) groups is 1. The van der Waals surface area contributed by atoms with Gasteiger partial charge in [-0.3, -0.25) is 4.79 Å². The van der Waals surface area contributed by atoms with E-state index in [0.29, 0.717) is 43.9 Å². The van der Waals surface area contributed by atoms with Gasteiger partial charge in [0.15, 0.2) is 0 Å². The van der Waals surface area contributed by atoms with E-state index >= 15 is 0 Å². The molecule has 1 aliphatic rings. The molecular formula is C22H25N5O4S. The fourth-order valence-electron chi connectivity index (χ4n) is 3.69. The van der Waals surface area contributed by atoms with E-state index in [1.54, 1.807) is 35.3 Å². The van der Waals surface area contributed by atoms with Gasteiger partial charge in [0, 0.05) is 24.7 Å². The van der Waals surface area contributed by atoms with Crippen LogP contribution in [0.4, 0.5) is 5.69 Å². The average molecular weight is 456 g/mol.